The fourth-order valence-electron chi connectivity index (χ4n) is 1.56. The van der Waals surface area contributed by atoms with Crippen molar-refractivity contribution in [2.45, 2.75) is 25.7 Å². The lowest BCUT2D eigenvalue weighted by Crippen LogP contribution is -2.14. The van der Waals surface area contributed by atoms with Gasteiger partial charge < -0.3 is 28.8 Å². The van der Waals surface area contributed by atoms with Crippen LogP contribution in [0.4, 0.5) is 0 Å². The van der Waals surface area contributed by atoms with Crippen LogP contribution in [0, 0.1) is 0 Å². The molecular formula is C16H28O8. The van der Waals surface area contributed by atoms with Gasteiger partial charge in [-0.15, -0.1) is 0 Å². The molecule has 8 heteroatoms. The predicted octanol–water partition coefficient (Wildman–Crippen LogP) is 1.38. The molecule has 0 spiro atoms. The summed E-state index contributed by atoms with van der Waals surface area (Å²) in [7, 11) is 0. The zero-order valence-electron chi connectivity index (χ0n) is 14.1. The molecule has 0 unspecified atom stereocenters. The second-order valence-electron chi connectivity index (χ2n) is 4.70. The highest BCUT2D eigenvalue weighted by Crippen LogP contribution is 2.01. The molecule has 0 amide bonds. The fraction of sp³-hybridized carbons (Fsp3) is 0.750. The number of rotatable bonds is 18. The highest BCUT2D eigenvalue weighted by atomic mass is 16.6. The Hall–Kier alpha value is -1.64. The number of hydrogen-bond acceptors (Lipinski definition) is 7. The molecule has 0 radical (unpaired) electrons. The van der Waals surface area contributed by atoms with Crippen LogP contribution in [0.5, 0.6) is 0 Å². The molecule has 0 saturated heterocycles. The summed E-state index contributed by atoms with van der Waals surface area (Å²) in [5, 5.41) is 8.46. The molecule has 0 saturated carbocycles. The van der Waals surface area contributed by atoms with Crippen molar-refractivity contribution in [2.75, 3.05) is 52.9 Å². The van der Waals surface area contributed by atoms with E-state index in [-0.39, 0.29) is 25.4 Å². The van der Waals surface area contributed by atoms with E-state index in [1.165, 1.54) is 6.26 Å². The van der Waals surface area contributed by atoms with Gasteiger partial charge >= 0.3 is 11.9 Å². The number of carboxylic acids is 1. The second kappa shape index (κ2) is 17.7. The average Bonchev–Trinajstić information content (AvgIpc) is 2.55. The van der Waals surface area contributed by atoms with Crippen LogP contribution in [0.2, 0.25) is 0 Å². The van der Waals surface area contributed by atoms with E-state index in [0.29, 0.717) is 59.1 Å². The van der Waals surface area contributed by atoms with Gasteiger partial charge in [-0.3, -0.25) is 9.59 Å². The third-order valence-corrected chi connectivity index (χ3v) is 2.72. The molecular weight excluding hydrogens is 320 g/mol. The third kappa shape index (κ3) is 18.4. The van der Waals surface area contributed by atoms with Gasteiger partial charge in [0.05, 0.1) is 45.9 Å². The number of ether oxygens (including phenoxy) is 5. The fourth-order valence-corrected chi connectivity index (χ4v) is 1.56. The normalized spacial score (nSPS) is 10.3. The molecule has 1 N–H and O–H groups in total. The number of esters is 1. The lowest BCUT2D eigenvalue weighted by molar-refractivity contribution is -0.146. The van der Waals surface area contributed by atoms with Gasteiger partial charge in [-0.1, -0.05) is 6.58 Å². The minimum atomic E-state index is -0.854. The maximum absolute atomic E-state index is 11.3. The van der Waals surface area contributed by atoms with Crippen LogP contribution in [-0.2, 0) is 33.3 Å². The van der Waals surface area contributed by atoms with Crippen molar-refractivity contribution in [1.29, 1.82) is 0 Å². The smallest absolute Gasteiger partial charge is 0.305 e. The molecule has 0 aromatic rings. The van der Waals surface area contributed by atoms with Crippen molar-refractivity contribution in [2.24, 2.45) is 0 Å². The monoisotopic (exact) mass is 348 g/mol. The van der Waals surface area contributed by atoms with E-state index in [0.717, 1.165) is 0 Å². The molecule has 0 aromatic heterocycles. The van der Waals surface area contributed by atoms with Gasteiger partial charge in [0.15, 0.2) is 0 Å². The maximum Gasteiger partial charge on any atom is 0.305 e. The molecule has 0 aliphatic rings. The molecule has 8 nitrogen and oxygen atoms in total. The van der Waals surface area contributed by atoms with Crippen molar-refractivity contribution in [3.63, 3.8) is 0 Å². The Morgan fingerprint density at radius 2 is 1.29 bits per heavy atom. The van der Waals surface area contributed by atoms with Crippen molar-refractivity contribution in [3.8, 4) is 0 Å². The van der Waals surface area contributed by atoms with Crippen molar-refractivity contribution in [3.05, 3.63) is 12.8 Å². The first-order valence-corrected chi connectivity index (χ1v) is 8.00. The Kier molecular flexibility index (Phi) is 16.5. The van der Waals surface area contributed by atoms with Crippen LogP contribution in [0.15, 0.2) is 12.8 Å². The molecule has 0 aliphatic heterocycles. The van der Waals surface area contributed by atoms with Crippen LogP contribution < -0.4 is 0 Å². The molecule has 0 aliphatic carbocycles. The van der Waals surface area contributed by atoms with E-state index in [9.17, 15) is 9.59 Å². The molecule has 0 heterocycles. The number of carboxylic acid groups (broad SMARTS) is 1. The summed E-state index contributed by atoms with van der Waals surface area (Å²) in [5.74, 6) is -1.19. The van der Waals surface area contributed by atoms with E-state index in [1.807, 2.05) is 0 Å². The Morgan fingerprint density at radius 1 is 0.792 bits per heavy atom. The lowest BCUT2D eigenvalue weighted by Gasteiger charge is -2.07. The highest BCUT2D eigenvalue weighted by Gasteiger charge is 2.04. The number of unbranched alkanes of at least 4 members (excludes halogenated alkanes) is 1. The summed E-state index contributed by atoms with van der Waals surface area (Å²) in [4.78, 5) is 21.6. The first-order chi connectivity index (χ1) is 11.7. The van der Waals surface area contributed by atoms with Gasteiger partial charge in [0.1, 0.15) is 13.2 Å². The minimum Gasteiger partial charge on any atom is -0.499 e. The van der Waals surface area contributed by atoms with Crippen LogP contribution in [0.3, 0.4) is 0 Å². The van der Waals surface area contributed by atoms with E-state index >= 15 is 0 Å². The number of aliphatic carboxylic acids is 1. The zero-order valence-corrected chi connectivity index (χ0v) is 14.1. The van der Waals surface area contributed by atoms with Gasteiger partial charge in [0, 0.05) is 12.8 Å². The van der Waals surface area contributed by atoms with Crippen LogP contribution >= 0.6 is 0 Å². The quantitative estimate of drug-likeness (QED) is 0.225. The summed E-state index contributed by atoms with van der Waals surface area (Å²) < 4.78 is 25.6. The topological polar surface area (TPSA) is 101 Å². The maximum atomic E-state index is 11.3. The van der Waals surface area contributed by atoms with Crippen LogP contribution in [0.1, 0.15) is 25.7 Å². The number of carbonyl (C=O) groups excluding carboxylic acids is 1. The summed E-state index contributed by atoms with van der Waals surface area (Å²) in [6.45, 7) is 6.69. The van der Waals surface area contributed by atoms with E-state index in [1.54, 1.807) is 0 Å². The third-order valence-electron chi connectivity index (χ3n) is 2.72. The molecule has 0 atom stereocenters. The van der Waals surface area contributed by atoms with Gasteiger partial charge in [0.25, 0.3) is 0 Å². The van der Waals surface area contributed by atoms with Crippen LogP contribution in [0.25, 0.3) is 0 Å². The van der Waals surface area contributed by atoms with Crippen molar-refractivity contribution >= 4 is 11.9 Å². The first kappa shape index (κ1) is 22.4. The molecule has 0 fully saturated rings. The Bertz CT molecular complexity index is 332. The first-order valence-electron chi connectivity index (χ1n) is 8.00. The Labute approximate surface area is 142 Å². The van der Waals surface area contributed by atoms with Gasteiger partial charge in [-0.2, -0.15) is 0 Å². The number of carbonyl (C=O) groups is 2. The second-order valence-corrected chi connectivity index (χ2v) is 4.70. The summed E-state index contributed by atoms with van der Waals surface area (Å²) in [5.41, 5.74) is 0. The summed E-state index contributed by atoms with van der Waals surface area (Å²) in [6, 6.07) is 0. The Balaban J connectivity index is 3.15. The molecule has 0 aromatic carbocycles. The summed E-state index contributed by atoms with van der Waals surface area (Å²) in [6.07, 6.45) is 2.66. The van der Waals surface area contributed by atoms with Crippen LogP contribution in [-0.4, -0.2) is 69.9 Å². The predicted molar refractivity (Wildman–Crippen MR) is 85.7 cm³/mol. The highest BCUT2D eigenvalue weighted by molar-refractivity contribution is 5.69. The zero-order chi connectivity index (χ0) is 17.9. The van der Waals surface area contributed by atoms with Gasteiger partial charge in [0.2, 0.25) is 0 Å². The van der Waals surface area contributed by atoms with Gasteiger partial charge in [-0.05, 0) is 12.8 Å². The molecule has 0 rings (SSSR count). The number of hydrogen-bond donors (Lipinski definition) is 1. The standard InChI is InChI=1S/C16H28O8/c1-2-20-7-8-21-9-10-22-11-12-23-13-14-24-16(19)6-4-3-5-15(17)18/h2H,1,3-14H2,(H,17,18). The van der Waals surface area contributed by atoms with E-state index in [4.69, 9.17) is 28.8 Å². The lowest BCUT2D eigenvalue weighted by atomic mass is 10.2. The molecule has 140 valence electrons. The SMILES string of the molecule is C=COCCOCCOCCOCCOC(=O)CCCCC(=O)O. The molecule has 24 heavy (non-hydrogen) atoms. The average molecular weight is 348 g/mol. The van der Waals surface area contributed by atoms with E-state index < -0.39 is 5.97 Å². The van der Waals surface area contributed by atoms with Gasteiger partial charge in [-0.25, -0.2) is 0 Å². The van der Waals surface area contributed by atoms with Crippen molar-refractivity contribution < 1.29 is 38.4 Å². The summed E-state index contributed by atoms with van der Waals surface area (Å²) >= 11 is 0. The largest absolute Gasteiger partial charge is 0.499 e. The Morgan fingerprint density at radius 3 is 1.83 bits per heavy atom. The minimum absolute atomic E-state index is 0.0734. The van der Waals surface area contributed by atoms with Crippen molar-refractivity contribution in [1.82, 2.24) is 0 Å². The van der Waals surface area contributed by atoms with E-state index in [2.05, 4.69) is 6.58 Å². The molecule has 0 bridgehead atoms.